The zero-order valence-electron chi connectivity index (χ0n) is 28.0. The molecule has 0 N–H and O–H groups in total. The fourth-order valence-electron chi connectivity index (χ4n) is 6.66. The van der Waals surface area contributed by atoms with Crippen molar-refractivity contribution in [2.24, 2.45) is 5.92 Å². The van der Waals surface area contributed by atoms with E-state index in [-0.39, 0.29) is 5.82 Å². The summed E-state index contributed by atoms with van der Waals surface area (Å²) in [6, 6.07) is 16.1. The molecule has 4 aromatic rings. The number of benzene rings is 2. The topological polar surface area (TPSA) is 51.1 Å². The van der Waals surface area contributed by atoms with E-state index in [1.165, 1.54) is 30.2 Å². The number of aromatic nitrogens is 1. The summed E-state index contributed by atoms with van der Waals surface area (Å²) in [5.74, 6) is 0.995. The van der Waals surface area contributed by atoms with Crippen molar-refractivity contribution in [3.05, 3.63) is 64.1 Å². The van der Waals surface area contributed by atoms with Crippen molar-refractivity contribution in [3.8, 4) is 17.0 Å². The molecule has 1 atom stereocenters. The fourth-order valence-corrected chi connectivity index (χ4v) is 7.71. The number of aryl methyl sites for hydroxylation is 1. The first-order chi connectivity index (χ1) is 21.6. The molecule has 2 aromatic heterocycles. The van der Waals surface area contributed by atoms with E-state index in [9.17, 15) is 0 Å². The lowest BCUT2D eigenvalue weighted by molar-refractivity contribution is 0.00578. The maximum atomic E-state index is 16.3. The smallest absolute Gasteiger partial charge is 0.464 e. The highest BCUT2D eigenvalue weighted by atomic mass is 32.1. The second-order valence-corrected chi connectivity index (χ2v) is 16.7. The average molecular weight is 641 g/mol. The summed E-state index contributed by atoms with van der Waals surface area (Å²) in [6.45, 7) is 16.2. The van der Waals surface area contributed by atoms with Crippen molar-refractivity contribution >= 4 is 47.4 Å². The van der Waals surface area contributed by atoms with Gasteiger partial charge >= 0.3 is 14.2 Å². The van der Waals surface area contributed by atoms with Crippen LogP contribution >= 0.6 is 11.3 Å². The van der Waals surface area contributed by atoms with Crippen LogP contribution in [0.4, 0.5) is 4.39 Å². The van der Waals surface area contributed by atoms with Gasteiger partial charge in [0.1, 0.15) is 11.6 Å². The molecular weight excluding hydrogens is 599 g/mol. The molecule has 8 rings (SSSR count). The van der Waals surface area contributed by atoms with Gasteiger partial charge in [-0.25, -0.2) is 4.39 Å². The highest BCUT2D eigenvalue weighted by Crippen LogP contribution is 2.47. The Morgan fingerprint density at radius 3 is 2.04 bits per heavy atom. The summed E-state index contributed by atoms with van der Waals surface area (Å²) in [5, 5.41) is 0.976. The number of hydrogen-bond acceptors (Lipinski definition) is 6. The predicted molar refractivity (Wildman–Crippen MR) is 183 cm³/mol. The highest BCUT2D eigenvalue weighted by molar-refractivity contribution is 7.12. The summed E-state index contributed by atoms with van der Waals surface area (Å²) >= 11 is 1.79. The van der Waals surface area contributed by atoms with E-state index >= 15 is 4.39 Å². The Labute approximate surface area is 275 Å². The minimum Gasteiger partial charge on any atom is -0.464 e. The van der Waals surface area contributed by atoms with Gasteiger partial charge in [0.2, 0.25) is 6.23 Å². The van der Waals surface area contributed by atoms with Crippen LogP contribution in [0.2, 0.25) is 0 Å². The zero-order chi connectivity index (χ0) is 32.4. The summed E-state index contributed by atoms with van der Waals surface area (Å²) in [6.07, 6.45) is 4.57. The molecule has 6 nitrogen and oxygen atoms in total. The third-order valence-electron chi connectivity index (χ3n) is 11.1. The first-order valence-corrected chi connectivity index (χ1v) is 17.4. The molecular formula is C36H42B2FNO5S. The molecule has 1 saturated carbocycles. The van der Waals surface area contributed by atoms with E-state index in [0.717, 1.165) is 39.3 Å². The van der Waals surface area contributed by atoms with E-state index in [2.05, 4.69) is 68.7 Å². The van der Waals surface area contributed by atoms with Crippen molar-refractivity contribution in [1.82, 2.24) is 4.57 Å². The first-order valence-electron chi connectivity index (χ1n) is 16.6. The lowest BCUT2D eigenvalue weighted by Crippen LogP contribution is -2.41. The van der Waals surface area contributed by atoms with Crippen molar-refractivity contribution in [2.45, 2.75) is 110 Å². The minimum atomic E-state index is -0.696. The number of nitrogens with zero attached hydrogens (tertiary/aromatic N) is 1. The molecule has 0 bridgehead atoms. The van der Waals surface area contributed by atoms with E-state index in [4.69, 9.17) is 23.4 Å². The molecule has 240 valence electrons. The number of ether oxygens (including phenoxy) is 1. The van der Waals surface area contributed by atoms with Gasteiger partial charge in [-0.3, -0.25) is 4.57 Å². The van der Waals surface area contributed by atoms with Crippen LogP contribution in [0.5, 0.6) is 5.75 Å². The van der Waals surface area contributed by atoms with Gasteiger partial charge < -0.3 is 23.4 Å². The number of halogens is 1. The first kappa shape index (κ1) is 30.7. The summed E-state index contributed by atoms with van der Waals surface area (Å²) < 4.78 is 50.6. The van der Waals surface area contributed by atoms with Gasteiger partial charge in [-0.15, -0.1) is 11.3 Å². The van der Waals surface area contributed by atoms with Crippen LogP contribution in [0.3, 0.4) is 0 Å². The quantitative estimate of drug-likeness (QED) is 0.206. The Hall–Kier alpha value is -2.62. The Bertz CT molecular complexity index is 1830. The number of rotatable bonds is 6. The van der Waals surface area contributed by atoms with Crippen LogP contribution < -0.4 is 15.7 Å². The third-order valence-corrected chi connectivity index (χ3v) is 12.3. The molecule has 1 aliphatic carbocycles. The number of thiophene rings is 1. The molecule has 10 heteroatoms. The normalized spacial score (nSPS) is 23.9. The fraction of sp³-hybridized carbons (Fsp3) is 0.500. The Balaban J connectivity index is 1.22. The van der Waals surface area contributed by atoms with Crippen LogP contribution in [0.25, 0.3) is 22.2 Å². The Kier molecular flexibility index (Phi) is 6.80. The Morgan fingerprint density at radius 2 is 1.41 bits per heavy atom. The summed E-state index contributed by atoms with van der Waals surface area (Å²) in [5.41, 5.74) is 1.75. The zero-order valence-corrected chi connectivity index (χ0v) is 28.8. The van der Waals surface area contributed by atoms with Gasteiger partial charge in [-0.1, -0.05) is 25.0 Å². The van der Waals surface area contributed by atoms with Crippen molar-refractivity contribution < 1.29 is 27.7 Å². The molecule has 2 saturated heterocycles. The molecule has 0 spiro atoms. The van der Waals surface area contributed by atoms with E-state index < -0.39 is 42.9 Å². The Morgan fingerprint density at radius 1 is 0.783 bits per heavy atom. The van der Waals surface area contributed by atoms with Crippen LogP contribution in [0, 0.1) is 11.7 Å². The molecule has 2 aromatic carbocycles. The van der Waals surface area contributed by atoms with Gasteiger partial charge in [0, 0.05) is 10.3 Å². The molecule has 3 fully saturated rings. The molecule has 3 aliphatic heterocycles. The summed E-state index contributed by atoms with van der Waals surface area (Å²) in [7, 11) is -1.19. The van der Waals surface area contributed by atoms with Crippen LogP contribution in [-0.2, 0) is 25.0 Å². The second kappa shape index (κ2) is 10.2. The van der Waals surface area contributed by atoms with Gasteiger partial charge in [0.25, 0.3) is 0 Å². The monoisotopic (exact) mass is 641 g/mol. The minimum absolute atomic E-state index is 0.368. The molecule has 1 unspecified atom stereocenters. The standard InChI is InChI=1S/C36H42B2FNO5S/c1-33(2)34(3,4)43-37(42-33)23-12-15-27-22(17-23)18-28-31-26(39)19-24(38-44-35(5,6)36(7,8)45-38)20-29(31)41-32(40(27)28)30-16-14-25(46-30)13-11-21-9-10-21/h12,14-21,32H,9-11,13H2,1-8H3. The van der Waals surface area contributed by atoms with Gasteiger partial charge in [-0.05, 0) is 121 Å². The summed E-state index contributed by atoms with van der Waals surface area (Å²) in [4.78, 5) is 2.45. The lowest BCUT2D eigenvalue weighted by atomic mass is 9.78. The lowest BCUT2D eigenvalue weighted by Gasteiger charge is -2.32. The van der Waals surface area contributed by atoms with Gasteiger partial charge in [0.15, 0.2) is 0 Å². The third kappa shape index (κ3) is 4.90. The maximum Gasteiger partial charge on any atom is 0.495 e. The van der Waals surface area contributed by atoms with Crippen LogP contribution in [0.15, 0.2) is 48.5 Å². The second-order valence-electron chi connectivity index (χ2n) is 15.5. The van der Waals surface area contributed by atoms with Crippen molar-refractivity contribution in [3.63, 3.8) is 0 Å². The molecule has 46 heavy (non-hydrogen) atoms. The van der Waals surface area contributed by atoms with Crippen LogP contribution in [0.1, 0.15) is 90.6 Å². The molecule has 4 aliphatic rings. The van der Waals surface area contributed by atoms with Crippen molar-refractivity contribution in [1.29, 1.82) is 0 Å². The average Bonchev–Trinajstić information content (AvgIpc) is 3.35. The van der Waals surface area contributed by atoms with Gasteiger partial charge in [0.05, 0.1) is 44.1 Å². The number of hydrogen-bond donors (Lipinski definition) is 0. The molecule has 5 heterocycles. The maximum absolute atomic E-state index is 16.3. The van der Waals surface area contributed by atoms with E-state index in [1.54, 1.807) is 11.3 Å². The van der Waals surface area contributed by atoms with E-state index in [0.29, 0.717) is 16.8 Å². The van der Waals surface area contributed by atoms with Crippen molar-refractivity contribution in [2.75, 3.05) is 0 Å². The predicted octanol–water partition coefficient (Wildman–Crippen LogP) is 7.39. The van der Waals surface area contributed by atoms with Gasteiger partial charge in [-0.2, -0.15) is 0 Å². The SMILES string of the molecule is CC1(C)OB(c2cc(F)c3c(c2)OC(c2ccc(CCC4CC4)s2)n2c-3cc3cc(B4OC(C)(C)C(C)(C)O4)ccc32)OC1(C)C. The molecule has 0 radical (unpaired) electrons. The largest absolute Gasteiger partial charge is 0.495 e. The molecule has 0 amide bonds. The number of fused-ring (bicyclic) bond motifs is 5. The van der Waals surface area contributed by atoms with Crippen LogP contribution in [-0.4, -0.2) is 41.2 Å². The highest BCUT2D eigenvalue weighted by Gasteiger charge is 2.53. The van der Waals surface area contributed by atoms with E-state index in [1.807, 2.05) is 33.8 Å².